The first-order valence-corrected chi connectivity index (χ1v) is 2.41. The minimum Gasteiger partial charge on any atom is -0.394 e. The van der Waals surface area contributed by atoms with Gasteiger partial charge in [0.15, 0.2) is 0 Å². The number of aliphatic hydroxyl groups is 1. The SMILES string of the molecule is CC(C)O.O=S=O. The molecule has 1 N–H and O–H groups in total. The highest BCUT2D eigenvalue weighted by Crippen LogP contribution is 1.65. The molecular weight excluding hydrogens is 116 g/mol. The van der Waals surface area contributed by atoms with Crippen molar-refractivity contribution in [3.8, 4) is 0 Å². The maximum atomic E-state index is 8.29. The van der Waals surface area contributed by atoms with Crippen LogP contribution in [0.15, 0.2) is 0 Å². The largest absolute Gasteiger partial charge is 0.394 e. The molecule has 0 aromatic carbocycles. The van der Waals surface area contributed by atoms with Crippen LogP contribution in [0.25, 0.3) is 0 Å². The Hall–Kier alpha value is -0.220. The Morgan fingerprint density at radius 2 is 1.43 bits per heavy atom. The van der Waals surface area contributed by atoms with Gasteiger partial charge in [0.05, 0.1) is 0 Å². The lowest BCUT2D eigenvalue weighted by Gasteiger charge is -1.80. The van der Waals surface area contributed by atoms with Gasteiger partial charge in [-0.3, -0.25) is 0 Å². The van der Waals surface area contributed by atoms with Crippen molar-refractivity contribution in [2.24, 2.45) is 0 Å². The van der Waals surface area contributed by atoms with Gasteiger partial charge in [-0.25, -0.2) is 0 Å². The molecule has 0 fully saturated rings. The first-order chi connectivity index (χ1) is 3.15. The summed E-state index contributed by atoms with van der Waals surface area (Å²) in [6.07, 6.45) is -0.167. The van der Waals surface area contributed by atoms with Crippen LogP contribution in [0.1, 0.15) is 13.8 Å². The van der Waals surface area contributed by atoms with Gasteiger partial charge < -0.3 is 5.11 Å². The predicted molar refractivity (Wildman–Crippen MR) is 26.3 cm³/mol. The molecule has 0 aliphatic heterocycles. The first kappa shape index (κ1) is 9.91. The average molecular weight is 124 g/mol. The number of aliphatic hydroxyl groups excluding tert-OH is 1. The zero-order valence-electron chi connectivity index (χ0n) is 4.25. The smallest absolute Gasteiger partial charge is 0.335 e. The predicted octanol–water partition coefficient (Wildman–Crippen LogP) is -0.283. The van der Waals surface area contributed by atoms with Crippen molar-refractivity contribution in [2.75, 3.05) is 0 Å². The van der Waals surface area contributed by atoms with Gasteiger partial charge in [-0.1, -0.05) is 0 Å². The van der Waals surface area contributed by atoms with Crippen LogP contribution in [0, 0.1) is 0 Å². The average Bonchev–Trinajstić information content (AvgIpc) is 1.33. The Bertz CT molecular complexity index is 52.4. The molecule has 0 aliphatic rings. The third-order valence-corrected chi connectivity index (χ3v) is 0. The number of hydrogen-bond donors (Lipinski definition) is 1. The second-order valence-corrected chi connectivity index (χ2v) is 1.30. The lowest BCUT2D eigenvalue weighted by Crippen LogP contribution is -1.85. The molecule has 0 rings (SSSR count). The molecule has 0 spiro atoms. The molecule has 0 amide bonds. The fourth-order valence-corrected chi connectivity index (χ4v) is 0. The van der Waals surface area contributed by atoms with Gasteiger partial charge in [-0.05, 0) is 13.8 Å². The molecule has 0 atom stereocenters. The zero-order chi connectivity index (χ0) is 6.28. The molecule has 44 valence electrons. The van der Waals surface area contributed by atoms with Gasteiger partial charge in [-0.15, -0.1) is 0 Å². The normalized spacial score (nSPS) is 6.86. The molecule has 0 unspecified atom stereocenters. The van der Waals surface area contributed by atoms with Crippen LogP contribution in [0.5, 0.6) is 0 Å². The van der Waals surface area contributed by atoms with E-state index in [1.165, 1.54) is 0 Å². The second kappa shape index (κ2) is 9.24. The molecule has 0 saturated heterocycles. The van der Waals surface area contributed by atoms with E-state index in [9.17, 15) is 0 Å². The summed E-state index contributed by atoms with van der Waals surface area (Å²) in [5.74, 6) is 0. The van der Waals surface area contributed by atoms with E-state index < -0.39 is 11.6 Å². The van der Waals surface area contributed by atoms with Gasteiger partial charge >= 0.3 is 11.6 Å². The molecule has 0 radical (unpaired) electrons. The Morgan fingerprint density at radius 3 is 1.43 bits per heavy atom. The van der Waals surface area contributed by atoms with Crippen LogP contribution in [0.2, 0.25) is 0 Å². The monoisotopic (exact) mass is 124 g/mol. The van der Waals surface area contributed by atoms with Crippen molar-refractivity contribution in [3.05, 3.63) is 0 Å². The molecule has 3 nitrogen and oxygen atoms in total. The summed E-state index contributed by atoms with van der Waals surface area (Å²) >= 11 is -0.750. The Kier molecular flexibility index (Phi) is 13.1. The summed E-state index contributed by atoms with van der Waals surface area (Å²) < 4.78 is 16.6. The molecule has 0 saturated carbocycles. The molecule has 0 heterocycles. The van der Waals surface area contributed by atoms with E-state index in [4.69, 9.17) is 13.5 Å². The summed E-state index contributed by atoms with van der Waals surface area (Å²) in [4.78, 5) is 0. The summed E-state index contributed by atoms with van der Waals surface area (Å²) in [5, 5.41) is 8.06. The van der Waals surface area contributed by atoms with Crippen LogP contribution >= 0.6 is 0 Å². The van der Waals surface area contributed by atoms with E-state index in [1.54, 1.807) is 13.8 Å². The Labute approximate surface area is 46.0 Å². The van der Waals surface area contributed by atoms with Crippen LogP contribution in [-0.4, -0.2) is 19.6 Å². The molecule has 0 bridgehead atoms. The van der Waals surface area contributed by atoms with E-state index in [-0.39, 0.29) is 6.10 Å². The van der Waals surface area contributed by atoms with Crippen molar-refractivity contribution in [2.45, 2.75) is 20.0 Å². The van der Waals surface area contributed by atoms with Gasteiger partial charge in [0.2, 0.25) is 0 Å². The van der Waals surface area contributed by atoms with E-state index in [0.717, 1.165) is 0 Å². The van der Waals surface area contributed by atoms with Gasteiger partial charge in [0.25, 0.3) is 0 Å². The lowest BCUT2D eigenvalue weighted by molar-refractivity contribution is 0.216. The minimum absolute atomic E-state index is 0.167. The van der Waals surface area contributed by atoms with Crippen molar-refractivity contribution in [1.29, 1.82) is 0 Å². The summed E-state index contributed by atoms with van der Waals surface area (Å²) in [6, 6.07) is 0. The van der Waals surface area contributed by atoms with Crippen molar-refractivity contribution >= 4 is 11.6 Å². The van der Waals surface area contributed by atoms with Crippen LogP contribution in [0.3, 0.4) is 0 Å². The topological polar surface area (TPSA) is 54.4 Å². The third-order valence-electron chi connectivity index (χ3n) is 0. The minimum atomic E-state index is -0.750. The van der Waals surface area contributed by atoms with Crippen LogP contribution < -0.4 is 0 Å². The van der Waals surface area contributed by atoms with E-state index in [0.29, 0.717) is 0 Å². The summed E-state index contributed by atoms with van der Waals surface area (Å²) in [5.41, 5.74) is 0. The van der Waals surface area contributed by atoms with E-state index >= 15 is 0 Å². The van der Waals surface area contributed by atoms with Gasteiger partial charge in [0, 0.05) is 6.10 Å². The fraction of sp³-hybridized carbons (Fsp3) is 1.00. The quantitative estimate of drug-likeness (QED) is 0.483. The zero-order valence-corrected chi connectivity index (χ0v) is 5.07. The molecule has 4 heteroatoms. The van der Waals surface area contributed by atoms with Crippen molar-refractivity contribution < 1.29 is 13.5 Å². The maximum Gasteiger partial charge on any atom is 0.335 e. The fourth-order valence-electron chi connectivity index (χ4n) is 0. The standard InChI is InChI=1S/C3H8O.O2S/c1-3(2)4;1-3-2/h3-4H,1-2H3;. The highest BCUT2D eigenvalue weighted by Gasteiger charge is 1.69. The molecule has 0 aromatic heterocycles. The number of rotatable bonds is 0. The van der Waals surface area contributed by atoms with Gasteiger partial charge in [-0.2, -0.15) is 8.42 Å². The lowest BCUT2D eigenvalue weighted by atomic mass is 10.5. The summed E-state index contributed by atoms with van der Waals surface area (Å²) in [7, 11) is 0. The van der Waals surface area contributed by atoms with Crippen LogP contribution in [-0.2, 0) is 11.6 Å². The number of hydrogen-bond acceptors (Lipinski definition) is 3. The van der Waals surface area contributed by atoms with E-state index in [2.05, 4.69) is 0 Å². The van der Waals surface area contributed by atoms with Crippen LogP contribution in [0.4, 0.5) is 0 Å². The third kappa shape index (κ3) is 1710. The molecule has 0 aromatic rings. The second-order valence-electron chi connectivity index (χ2n) is 1.16. The molecular formula is C3H8O3S. The first-order valence-electron chi connectivity index (χ1n) is 1.75. The van der Waals surface area contributed by atoms with Crippen molar-refractivity contribution in [1.82, 2.24) is 0 Å². The summed E-state index contributed by atoms with van der Waals surface area (Å²) in [6.45, 7) is 3.44. The molecule has 0 aliphatic carbocycles. The van der Waals surface area contributed by atoms with Gasteiger partial charge in [0.1, 0.15) is 0 Å². The van der Waals surface area contributed by atoms with E-state index in [1.807, 2.05) is 0 Å². The maximum absolute atomic E-state index is 8.29. The Morgan fingerprint density at radius 1 is 1.43 bits per heavy atom. The highest BCUT2D eigenvalue weighted by atomic mass is 32.1. The Balaban J connectivity index is 0. The highest BCUT2D eigenvalue weighted by molar-refractivity contribution is 7.51. The van der Waals surface area contributed by atoms with Crippen molar-refractivity contribution in [3.63, 3.8) is 0 Å². The molecule has 7 heavy (non-hydrogen) atoms.